The highest BCUT2D eigenvalue weighted by Gasteiger charge is 2.03. The topological polar surface area (TPSA) is 47.6 Å². The van der Waals surface area contributed by atoms with Crippen molar-refractivity contribution in [3.63, 3.8) is 0 Å². The molecule has 4 nitrogen and oxygen atoms in total. The monoisotopic (exact) mass is 317 g/mol. The van der Waals surface area contributed by atoms with Gasteiger partial charge in [-0.2, -0.15) is 0 Å². The molecule has 116 valence electrons. The molecule has 0 bridgehead atoms. The molecule has 22 heavy (non-hydrogen) atoms. The fourth-order valence-electron chi connectivity index (χ4n) is 1.75. The van der Waals surface area contributed by atoms with Gasteiger partial charge in [0, 0.05) is 4.90 Å². The van der Waals surface area contributed by atoms with E-state index in [1.807, 2.05) is 61.5 Å². The first kappa shape index (κ1) is 16.4. The number of carbonyl (C=O) groups excluding carboxylic acids is 1. The number of amides is 1. The highest BCUT2D eigenvalue weighted by molar-refractivity contribution is 8.00. The molecule has 2 aromatic carbocycles. The summed E-state index contributed by atoms with van der Waals surface area (Å²) in [6, 6.07) is 17.4. The third kappa shape index (κ3) is 5.79. The van der Waals surface area contributed by atoms with Gasteiger partial charge < -0.3 is 4.74 Å². The Morgan fingerprint density at radius 1 is 1.09 bits per heavy atom. The molecule has 0 aliphatic carbocycles. The molecule has 0 unspecified atom stereocenters. The van der Waals surface area contributed by atoms with Crippen molar-refractivity contribution in [3.05, 3.63) is 60.2 Å². The van der Waals surface area contributed by atoms with Crippen LogP contribution in [0, 0.1) is 0 Å². The summed E-state index contributed by atoms with van der Waals surface area (Å²) in [6.07, 6.45) is 0. The summed E-state index contributed by atoms with van der Waals surface area (Å²) in [5.74, 6) is 0.986. The number of hydrogen-bond donors (Lipinski definition) is 1. The van der Waals surface area contributed by atoms with Crippen LogP contribution >= 0.6 is 11.8 Å². The third-order valence-electron chi connectivity index (χ3n) is 2.77. The summed E-state index contributed by atoms with van der Waals surface area (Å²) in [6.45, 7) is 2.95. The van der Waals surface area contributed by atoms with Crippen LogP contribution in [0.5, 0.6) is 5.75 Å². The Morgan fingerprint density at radius 3 is 2.50 bits per heavy atom. The Hall–Kier alpha value is -1.98. The minimum atomic E-state index is -0.158. The van der Waals surface area contributed by atoms with E-state index in [1.54, 1.807) is 0 Å². The highest BCUT2D eigenvalue weighted by Crippen LogP contribution is 2.21. The zero-order valence-electron chi connectivity index (χ0n) is 12.5. The van der Waals surface area contributed by atoms with Crippen LogP contribution in [0.2, 0.25) is 0 Å². The van der Waals surface area contributed by atoms with Crippen molar-refractivity contribution < 1.29 is 14.4 Å². The van der Waals surface area contributed by atoms with E-state index in [0.29, 0.717) is 19.0 Å². The maximum Gasteiger partial charge on any atom is 0.253 e. The van der Waals surface area contributed by atoms with Crippen LogP contribution in [0.3, 0.4) is 0 Å². The van der Waals surface area contributed by atoms with Gasteiger partial charge in [0.25, 0.3) is 5.91 Å². The lowest BCUT2D eigenvalue weighted by Gasteiger charge is -2.07. The number of hydroxylamine groups is 1. The molecule has 0 fully saturated rings. The molecule has 2 rings (SSSR count). The fourth-order valence-corrected chi connectivity index (χ4v) is 2.44. The van der Waals surface area contributed by atoms with Gasteiger partial charge in [-0.3, -0.25) is 9.63 Å². The van der Waals surface area contributed by atoms with Crippen molar-refractivity contribution in [2.75, 3.05) is 12.4 Å². The molecule has 0 aliphatic heterocycles. The van der Waals surface area contributed by atoms with Crippen LogP contribution in [-0.2, 0) is 16.2 Å². The Bertz CT molecular complexity index is 572. The van der Waals surface area contributed by atoms with E-state index in [4.69, 9.17) is 9.57 Å². The van der Waals surface area contributed by atoms with Crippen LogP contribution < -0.4 is 10.2 Å². The summed E-state index contributed by atoms with van der Waals surface area (Å²) in [5, 5.41) is 0. The Balaban J connectivity index is 1.67. The van der Waals surface area contributed by atoms with Crippen LogP contribution in [0.4, 0.5) is 0 Å². The molecule has 0 aromatic heterocycles. The van der Waals surface area contributed by atoms with E-state index in [-0.39, 0.29) is 5.91 Å². The normalized spacial score (nSPS) is 10.2. The zero-order valence-corrected chi connectivity index (χ0v) is 13.3. The number of hydrogen-bond acceptors (Lipinski definition) is 4. The fraction of sp³-hybridized carbons (Fsp3) is 0.235. The summed E-state index contributed by atoms with van der Waals surface area (Å²) >= 11 is 1.45. The molecule has 5 heteroatoms. The van der Waals surface area contributed by atoms with E-state index >= 15 is 0 Å². The third-order valence-corrected chi connectivity index (χ3v) is 3.78. The summed E-state index contributed by atoms with van der Waals surface area (Å²) < 4.78 is 5.37. The zero-order chi connectivity index (χ0) is 15.6. The second-order valence-corrected chi connectivity index (χ2v) is 5.54. The maximum absolute atomic E-state index is 11.7. The average molecular weight is 317 g/mol. The Labute approximate surface area is 134 Å². The van der Waals surface area contributed by atoms with Crippen molar-refractivity contribution in [3.8, 4) is 5.75 Å². The molecule has 1 amide bonds. The van der Waals surface area contributed by atoms with Gasteiger partial charge in [0.05, 0.1) is 19.0 Å². The smallest absolute Gasteiger partial charge is 0.253 e. The van der Waals surface area contributed by atoms with Crippen molar-refractivity contribution >= 4 is 17.7 Å². The number of benzene rings is 2. The first-order chi connectivity index (χ1) is 10.8. The van der Waals surface area contributed by atoms with Gasteiger partial charge >= 0.3 is 0 Å². The number of carbonyl (C=O) groups is 1. The maximum atomic E-state index is 11.7. The van der Waals surface area contributed by atoms with E-state index < -0.39 is 0 Å². The van der Waals surface area contributed by atoms with E-state index in [1.165, 1.54) is 11.8 Å². The van der Waals surface area contributed by atoms with Gasteiger partial charge in [-0.15, -0.1) is 11.8 Å². The molecule has 0 saturated carbocycles. The molecule has 0 saturated heterocycles. The molecule has 0 aliphatic rings. The van der Waals surface area contributed by atoms with E-state index in [0.717, 1.165) is 16.2 Å². The number of ether oxygens (including phenoxy) is 1. The van der Waals surface area contributed by atoms with Crippen molar-refractivity contribution in [2.45, 2.75) is 18.4 Å². The molecule has 0 atom stereocenters. The molecule has 0 heterocycles. The molecular weight excluding hydrogens is 298 g/mol. The van der Waals surface area contributed by atoms with Gasteiger partial charge in [0.1, 0.15) is 5.75 Å². The first-order valence-electron chi connectivity index (χ1n) is 7.08. The van der Waals surface area contributed by atoms with Crippen LogP contribution in [0.25, 0.3) is 0 Å². The lowest BCUT2D eigenvalue weighted by atomic mass is 10.2. The Kier molecular flexibility index (Phi) is 6.80. The largest absolute Gasteiger partial charge is 0.494 e. The molecule has 1 N–H and O–H groups in total. The Morgan fingerprint density at radius 2 is 1.82 bits per heavy atom. The van der Waals surface area contributed by atoms with Gasteiger partial charge in [0.2, 0.25) is 0 Å². The molecule has 0 spiro atoms. The minimum Gasteiger partial charge on any atom is -0.494 e. The van der Waals surface area contributed by atoms with Gasteiger partial charge in [-0.05, 0) is 36.8 Å². The molecular formula is C17H19NO3S. The predicted octanol–water partition coefficient (Wildman–Crippen LogP) is 3.43. The van der Waals surface area contributed by atoms with Crippen LogP contribution in [-0.4, -0.2) is 18.3 Å². The lowest BCUT2D eigenvalue weighted by molar-refractivity contribution is -0.131. The lowest BCUT2D eigenvalue weighted by Crippen LogP contribution is -2.25. The molecule has 0 radical (unpaired) electrons. The summed E-state index contributed by atoms with van der Waals surface area (Å²) in [4.78, 5) is 17.9. The minimum absolute atomic E-state index is 0.158. The number of nitrogens with one attached hydrogen (secondary N) is 1. The van der Waals surface area contributed by atoms with Crippen LogP contribution in [0.1, 0.15) is 12.5 Å². The van der Waals surface area contributed by atoms with Gasteiger partial charge in [-0.1, -0.05) is 30.3 Å². The van der Waals surface area contributed by atoms with Crippen molar-refractivity contribution in [2.24, 2.45) is 0 Å². The van der Waals surface area contributed by atoms with Crippen molar-refractivity contribution in [1.82, 2.24) is 5.48 Å². The quantitative estimate of drug-likeness (QED) is 0.598. The summed E-state index contributed by atoms with van der Waals surface area (Å²) in [5.41, 5.74) is 3.46. The second-order valence-electron chi connectivity index (χ2n) is 4.49. The second kappa shape index (κ2) is 9.12. The number of thioether (sulfide) groups is 1. The molecule has 2 aromatic rings. The van der Waals surface area contributed by atoms with Crippen molar-refractivity contribution in [1.29, 1.82) is 0 Å². The van der Waals surface area contributed by atoms with Gasteiger partial charge in [-0.25, -0.2) is 5.48 Å². The predicted molar refractivity (Wildman–Crippen MR) is 87.7 cm³/mol. The van der Waals surface area contributed by atoms with Gasteiger partial charge in [0.15, 0.2) is 0 Å². The van der Waals surface area contributed by atoms with Crippen LogP contribution in [0.15, 0.2) is 59.5 Å². The van der Waals surface area contributed by atoms with E-state index in [2.05, 4.69) is 5.48 Å². The van der Waals surface area contributed by atoms with E-state index in [9.17, 15) is 4.79 Å². The highest BCUT2D eigenvalue weighted by atomic mass is 32.2. The summed E-state index contributed by atoms with van der Waals surface area (Å²) in [7, 11) is 0. The standard InChI is InChI=1S/C17H19NO3S/c1-2-20-15-8-10-16(11-9-15)22-13-17(19)18-21-12-14-6-4-3-5-7-14/h3-11H,2,12-13H2,1H3,(H,18,19). The first-order valence-corrected chi connectivity index (χ1v) is 8.06. The number of rotatable bonds is 8. The SMILES string of the molecule is CCOc1ccc(SCC(=O)NOCc2ccccc2)cc1. The average Bonchev–Trinajstić information content (AvgIpc) is 2.55.